The van der Waals surface area contributed by atoms with Crippen molar-refractivity contribution in [3.8, 4) is 62.2 Å². The molecule has 9 rings (SSSR count). The molecule has 0 saturated carbocycles. The molecule has 0 N–H and O–H groups in total. The summed E-state index contributed by atoms with van der Waals surface area (Å²) in [5.74, 6) is 2.55. The number of benzene rings is 6. The van der Waals surface area contributed by atoms with Crippen LogP contribution in [0.2, 0.25) is 0 Å². The van der Waals surface area contributed by atoms with E-state index in [-0.39, 0.29) is 0 Å². The molecule has 0 bridgehead atoms. The molecule has 0 saturated heterocycles. The minimum absolute atomic E-state index is 0.580. The number of furan rings is 1. The van der Waals surface area contributed by atoms with Gasteiger partial charge in [0.15, 0.2) is 17.5 Å². The van der Waals surface area contributed by atoms with Gasteiger partial charge in [-0.1, -0.05) is 109 Å². The average molecular weight is 598 g/mol. The highest BCUT2D eigenvalue weighted by atomic mass is 32.2. The Morgan fingerprint density at radius 3 is 1.98 bits per heavy atom. The van der Waals surface area contributed by atoms with Crippen LogP contribution in [0.5, 0.6) is 5.75 Å². The molecule has 0 atom stereocenters. The first-order valence-corrected chi connectivity index (χ1v) is 15.4. The molecular weight excluding hydrogens is 575 g/mol. The summed E-state index contributed by atoms with van der Waals surface area (Å²) in [5, 5.41) is 1.99. The molecule has 0 radical (unpaired) electrons. The molecule has 0 unspecified atom stereocenters. The molecule has 8 aromatic rings. The topological polar surface area (TPSA) is 61.0 Å². The van der Waals surface area contributed by atoms with Crippen molar-refractivity contribution in [1.29, 1.82) is 0 Å². The summed E-state index contributed by atoms with van der Waals surface area (Å²) in [6.07, 6.45) is 0. The number of aromatic nitrogens is 3. The average Bonchev–Trinajstić information content (AvgIpc) is 3.50. The van der Waals surface area contributed by atoms with E-state index in [0.717, 1.165) is 71.5 Å². The normalized spacial score (nSPS) is 12.1. The second kappa shape index (κ2) is 10.5. The largest absolute Gasteiger partial charge is 0.456 e. The van der Waals surface area contributed by atoms with Crippen LogP contribution in [0.3, 0.4) is 0 Å². The number of nitrogens with zero attached hydrogens (tertiary/aromatic N) is 3. The Balaban J connectivity index is 1.28. The van der Waals surface area contributed by atoms with Gasteiger partial charge in [0.05, 0.1) is 16.9 Å². The van der Waals surface area contributed by atoms with E-state index in [4.69, 9.17) is 23.6 Å². The smallest absolute Gasteiger partial charge is 0.164 e. The zero-order valence-electron chi connectivity index (χ0n) is 23.8. The highest BCUT2D eigenvalue weighted by molar-refractivity contribution is 7.95. The van der Waals surface area contributed by atoms with E-state index in [9.17, 15) is 0 Å². The van der Waals surface area contributed by atoms with E-state index < -0.39 is 0 Å². The van der Waals surface area contributed by atoms with Gasteiger partial charge in [-0.05, 0) is 41.5 Å². The monoisotopic (exact) mass is 597 g/mol. The fraction of sp³-hybridized carbons (Fsp3) is 0. The minimum atomic E-state index is 0.580. The lowest BCUT2D eigenvalue weighted by atomic mass is 9.97. The fourth-order valence-electron chi connectivity index (χ4n) is 6.06. The summed E-state index contributed by atoms with van der Waals surface area (Å²) >= 11 is 1.37. The summed E-state index contributed by atoms with van der Waals surface area (Å²) in [6.45, 7) is 0. The van der Waals surface area contributed by atoms with Crippen molar-refractivity contribution in [3.05, 3.63) is 140 Å². The predicted octanol–water partition coefficient (Wildman–Crippen LogP) is 10.5. The van der Waals surface area contributed by atoms with Crippen LogP contribution in [0.25, 0.3) is 78.4 Å². The van der Waals surface area contributed by atoms with E-state index >= 15 is 0 Å². The van der Waals surface area contributed by atoms with E-state index in [1.807, 2.05) is 84.9 Å². The van der Waals surface area contributed by atoms with E-state index in [2.05, 4.69) is 54.6 Å². The van der Waals surface area contributed by atoms with Gasteiger partial charge in [0.25, 0.3) is 0 Å². The second-order valence-corrected chi connectivity index (χ2v) is 11.6. The lowest BCUT2D eigenvalue weighted by molar-refractivity contribution is 0.643. The van der Waals surface area contributed by atoms with Crippen molar-refractivity contribution >= 4 is 34.0 Å². The number of fused-ring (bicyclic) bond motifs is 6. The molecule has 1 aliphatic heterocycles. The van der Waals surface area contributed by atoms with Gasteiger partial charge in [-0.25, -0.2) is 15.0 Å². The Morgan fingerprint density at radius 1 is 0.467 bits per heavy atom. The van der Waals surface area contributed by atoms with Crippen LogP contribution in [0.1, 0.15) is 0 Å². The summed E-state index contributed by atoms with van der Waals surface area (Å²) in [4.78, 5) is 16.3. The first-order chi connectivity index (χ1) is 22.3. The zero-order chi connectivity index (χ0) is 29.7. The van der Waals surface area contributed by atoms with Gasteiger partial charge < -0.3 is 8.60 Å². The number of hydrogen-bond acceptors (Lipinski definition) is 6. The Bertz CT molecular complexity index is 2390. The van der Waals surface area contributed by atoms with E-state index in [1.54, 1.807) is 0 Å². The third-order valence-electron chi connectivity index (χ3n) is 8.16. The third kappa shape index (κ3) is 4.38. The maximum absolute atomic E-state index is 6.43. The van der Waals surface area contributed by atoms with Gasteiger partial charge >= 0.3 is 0 Å². The molecule has 45 heavy (non-hydrogen) atoms. The molecule has 212 valence electrons. The van der Waals surface area contributed by atoms with E-state index in [0.29, 0.717) is 17.5 Å². The molecule has 1 aliphatic rings. The van der Waals surface area contributed by atoms with Crippen LogP contribution in [-0.2, 0) is 0 Å². The standard InChI is InChI=1S/C39H23N3O2S/c1-3-11-24(12-4-1)26-21-22-27-33(23-26)43-31-18-9-16-29(35(27)31)38-40-37(25-13-5-2-6-14-25)41-39(42-38)30-17-10-19-32-36(30)28-15-7-8-20-34(28)45-44-32/h1-23H. The molecule has 3 heterocycles. The van der Waals surface area contributed by atoms with Crippen LogP contribution < -0.4 is 4.18 Å². The van der Waals surface area contributed by atoms with Gasteiger partial charge in [-0.2, -0.15) is 0 Å². The molecule has 5 nitrogen and oxygen atoms in total. The van der Waals surface area contributed by atoms with Gasteiger partial charge in [0.2, 0.25) is 0 Å². The third-order valence-corrected chi connectivity index (χ3v) is 8.96. The van der Waals surface area contributed by atoms with Crippen molar-refractivity contribution in [3.63, 3.8) is 0 Å². The zero-order valence-corrected chi connectivity index (χ0v) is 24.7. The van der Waals surface area contributed by atoms with E-state index in [1.165, 1.54) is 12.0 Å². The molecule has 0 spiro atoms. The van der Waals surface area contributed by atoms with Crippen LogP contribution in [0, 0.1) is 0 Å². The Hall–Kier alpha value is -5.72. The lowest BCUT2D eigenvalue weighted by Gasteiger charge is -2.21. The highest BCUT2D eigenvalue weighted by Crippen LogP contribution is 2.48. The quantitative estimate of drug-likeness (QED) is 0.188. The van der Waals surface area contributed by atoms with Crippen molar-refractivity contribution in [1.82, 2.24) is 15.0 Å². The molecular formula is C39H23N3O2S. The molecule has 0 aliphatic carbocycles. The maximum Gasteiger partial charge on any atom is 0.164 e. The van der Waals surface area contributed by atoms with Crippen LogP contribution >= 0.6 is 12.0 Å². The second-order valence-electron chi connectivity index (χ2n) is 10.9. The summed E-state index contributed by atoms with van der Waals surface area (Å²) in [6, 6.07) is 47.1. The molecule has 2 aromatic heterocycles. The molecule has 6 aromatic carbocycles. The lowest BCUT2D eigenvalue weighted by Crippen LogP contribution is -2.03. The van der Waals surface area contributed by atoms with Gasteiger partial charge in [0.1, 0.15) is 16.9 Å². The summed E-state index contributed by atoms with van der Waals surface area (Å²) in [7, 11) is 0. The highest BCUT2D eigenvalue weighted by Gasteiger charge is 2.25. The SMILES string of the molecule is c1ccc(-c2ccc3c(c2)oc2cccc(-c4nc(-c5ccccc5)nc(-c5cccc6c5-c5ccccc5SO6)n4)c23)cc1. The Labute approximate surface area is 263 Å². The molecule has 0 amide bonds. The van der Waals surface area contributed by atoms with Crippen LogP contribution in [0.15, 0.2) is 149 Å². The predicted molar refractivity (Wildman–Crippen MR) is 181 cm³/mol. The fourth-order valence-corrected chi connectivity index (χ4v) is 6.77. The number of rotatable bonds is 4. The van der Waals surface area contributed by atoms with Gasteiger partial charge in [-0.15, -0.1) is 0 Å². The van der Waals surface area contributed by atoms with Gasteiger partial charge in [0, 0.05) is 38.6 Å². The summed E-state index contributed by atoms with van der Waals surface area (Å²) in [5.41, 5.74) is 8.61. The van der Waals surface area contributed by atoms with Crippen molar-refractivity contribution in [2.75, 3.05) is 0 Å². The Morgan fingerprint density at radius 2 is 1.13 bits per heavy atom. The van der Waals surface area contributed by atoms with Crippen molar-refractivity contribution in [2.24, 2.45) is 0 Å². The van der Waals surface area contributed by atoms with Crippen LogP contribution in [0.4, 0.5) is 0 Å². The van der Waals surface area contributed by atoms with Crippen LogP contribution in [-0.4, -0.2) is 15.0 Å². The first kappa shape index (κ1) is 25.7. The van der Waals surface area contributed by atoms with Crippen molar-refractivity contribution in [2.45, 2.75) is 4.90 Å². The summed E-state index contributed by atoms with van der Waals surface area (Å²) < 4.78 is 12.5. The van der Waals surface area contributed by atoms with Gasteiger partial charge in [-0.3, -0.25) is 0 Å². The first-order valence-electron chi connectivity index (χ1n) is 14.7. The molecule has 0 fully saturated rings. The van der Waals surface area contributed by atoms with Crippen molar-refractivity contribution < 1.29 is 8.60 Å². The number of hydrogen-bond donors (Lipinski definition) is 0. The maximum atomic E-state index is 6.43. The minimum Gasteiger partial charge on any atom is -0.456 e. The molecule has 6 heteroatoms. The Kier molecular flexibility index (Phi) is 5.99.